The molecule has 0 saturated heterocycles. The molecule has 0 radical (unpaired) electrons. The zero-order valence-corrected chi connectivity index (χ0v) is 19.0. The Kier molecular flexibility index (Phi) is 8.62. The van der Waals surface area contributed by atoms with Crippen molar-refractivity contribution in [1.82, 2.24) is 30.3 Å². The maximum atomic E-state index is 6.09. The summed E-state index contributed by atoms with van der Waals surface area (Å²) in [6.45, 7) is 9.68. The minimum absolute atomic E-state index is 0.0588. The SMILES string of the molecule is CNC(C)(C)COC(C)(C)Cn1cc(CCCCC#Cc2cnc(S)nc2)nn1. The van der Waals surface area contributed by atoms with Gasteiger partial charge in [-0.25, -0.2) is 14.6 Å². The van der Waals surface area contributed by atoms with Crippen molar-refractivity contribution < 1.29 is 4.74 Å². The number of unbranched alkanes of at least 4 members (excludes halogenated alkanes) is 2. The van der Waals surface area contributed by atoms with E-state index in [1.54, 1.807) is 12.4 Å². The van der Waals surface area contributed by atoms with Crippen molar-refractivity contribution in [3.05, 3.63) is 29.8 Å². The second-order valence-corrected chi connectivity index (χ2v) is 8.77. The minimum atomic E-state index is -0.316. The Labute approximate surface area is 179 Å². The highest BCUT2D eigenvalue weighted by molar-refractivity contribution is 7.80. The lowest BCUT2D eigenvalue weighted by Gasteiger charge is -2.31. The molecular weight excluding hydrogens is 384 g/mol. The smallest absolute Gasteiger partial charge is 0.184 e. The summed E-state index contributed by atoms with van der Waals surface area (Å²) in [7, 11) is 1.94. The average molecular weight is 417 g/mol. The fraction of sp³-hybridized carbons (Fsp3) is 0.619. The molecule has 0 fully saturated rings. The highest BCUT2D eigenvalue weighted by Crippen LogP contribution is 2.16. The molecule has 0 bridgehead atoms. The summed E-state index contributed by atoms with van der Waals surface area (Å²) in [5.74, 6) is 6.22. The van der Waals surface area contributed by atoms with E-state index in [1.807, 2.05) is 17.9 Å². The van der Waals surface area contributed by atoms with Crippen LogP contribution in [0.1, 0.15) is 58.2 Å². The Morgan fingerprint density at radius 1 is 1.17 bits per heavy atom. The number of rotatable bonds is 10. The zero-order chi connectivity index (χ0) is 21.3. The minimum Gasteiger partial charge on any atom is -0.372 e. The number of nitrogens with zero attached hydrogens (tertiary/aromatic N) is 5. The van der Waals surface area contributed by atoms with Crippen LogP contribution < -0.4 is 5.32 Å². The van der Waals surface area contributed by atoms with Crippen molar-refractivity contribution >= 4 is 12.6 Å². The standard InChI is InChI=1S/C21H32N6OS/c1-20(2,22-5)16-28-21(3,4)15-27-14-18(25-26-27)11-9-7-6-8-10-17-12-23-19(29)24-13-17/h12-14,22H,6-7,9,11,15-16H2,1-5H3,(H,23,24,29). The predicted molar refractivity (Wildman–Crippen MR) is 117 cm³/mol. The van der Waals surface area contributed by atoms with E-state index in [1.165, 1.54) is 0 Å². The van der Waals surface area contributed by atoms with Crippen molar-refractivity contribution in [1.29, 1.82) is 0 Å². The number of aromatic nitrogens is 5. The van der Waals surface area contributed by atoms with Crippen molar-refractivity contribution in [3.63, 3.8) is 0 Å². The number of ether oxygens (including phenoxy) is 1. The normalized spacial score (nSPS) is 11.9. The van der Waals surface area contributed by atoms with Crippen LogP contribution >= 0.6 is 12.6 Å². The van der Waals surface area contributed by atoms with Crippen LogP contribution in [-0.2, 0) is 17.7 Å². The van der Waals surface area contributed by atoms with E-state index in [4.69, 9.17) is 4.74 Å². The molecule has 0 aliphatic rings. The van der Waals surface area contributed by atoms with Gasteiger partial charge >= 0.3 is 0 Å². The molecule has 2 aromatic rings. The van der Waals surface area contributed by atoms with Gasteiger partial charge in [-0.2, -0.15) is 0 Å². The van der Waals surface area contributed by atoms with Crippen LogP contribution in [0.4, 0.5) is 0 Å². The summed E-state index contributed by atoms with van der Waals surface area (Å²) >= 11 is 4.06. The third kappa shape index (κ3) is 8.94. The van der Waals surface area contributed by atoms with Gasteiger partial charge in [-0.05, 0) is 54.0 Å². The van der Waals surface area contributed by atoms with Crippen LogP contribution in [0.5, 0.6) is 0 Å². The van der Waals surface area contributed by atoms with Crippen molar-refractivity contribution in [2.24, 2.45) is 0 Å². The summed E-state index contributed by atoms with van der Waals surface area (Å²) in [4.78, 5) is 8.02. The van der Waals surface area contributed by atoms with Gasteiger partial charge in [0.1, 0.15) is 0 Å². The maximum Gasteiger partial charge on any atom is 0.184 e. The van der Waals surface area contributed by atoms with E-state index in [2.05, 4.69) is 77.8 Å². The molecule has 2 aromatic heterocycles. The molecule has 158 valence electrons. The molecule has 0 amide bonds. The first-order valence-corrected chi connectivity index (χ1v) is 10.4. The van der Waals surface area contributed by atoms with E-state index < -0.39 is 0 Å². The lowest BCUT2D eigenvalue weighted by atomic mass is 10.1. The molecule has 0 aliphatic heterocycles. The van der Waals surface area contributed by atoms with Crippen LogP contribution in [0.25, 0.3) is 0 Å². The molecule has 0 aliphatic carbocycles. The molecule has 0 unspecified atom stereocenters. The van der Waals surface area contributed by atoms with E-state index in [9.17, 15) is 0 Å². The Hall–Kier alpha value is -1.95. The second kappa shape index (κ2) is 10.7. The van der Waals surface area contributed by atoms with Crippen molar-refractivity contribution in [3.8, 4) is 11.8 Å². The summed E-state index contributed by atoms with van der Waals surface area (Å²) < 4.78 is 7.95. The largest absolute Gasteiger partial charge is 0.372 e. The maximum absolute atomic E-state index is 6.09. The number of hydrogen-bond donors (Lipinski definition) is 2. The monoisotopic (exact) mass is 416 g/mol. The Morgan fingerprint density at radius 3 is 2.59 bits per heavy atom. The summed E-state index contributed by atoms with van der Waals surface area (Å²) in [6, 6.07) is 0. The first kappa shape index (κ1) is 23.3. The number of aryl methyl sites for hydroxylation is 1. The molecule has 0 atom stereocenters. The first-order valence-electron chi connectivity index (χ1n) is 9.91. The van der Waals surface area contributed by atoms with Crippen LogP contribution in [-0.4, -0.2) is 49.8 Å². The number of thiol groups is 1. The van der Waals surface area contributed by atoms with Crippen LogP contribution in [0.2, 0.25) is 0 Å². The van der Waals surface area contributed by atoms with Gasteiger partial charge in [-0.1, -0.05) is 17.1 Å². The first-order chi connectivity index (χ1) is 13.7. The number of nitrogens with one attached hydrogen (secondary N) is 1. The predicted octanol–water partition coefficient (Wildman–Crippen LogP) is 2.91. The molecule has 8 heteroatoms. The number of hydrogen-bond acceptors (Lipinski definition) is 7. The fourth-order valence-electron chi connectivity index (χ4n) is 2.48. The van der Waals surface area contributed by atoms with Gasteiger partial charge in [-0.15, -0.1) is 17.7 Å². The van der Waals surface area contributed by atoms with Gasteiger partial charge < -0.3 is 10.1 Å². The molecule has 0 saturated carbocycles. The van der Waals surface area contributed by atoms with Gasteiger partial charge in [0.2, 0.25) is 0 Å². The highest BCUT2D eigenvalue weighted by Gasteiger charge is 2.24. The van der Waals surface area contributed by atoms with E-state index in [-0.39, 0.29) is 11.1 Å². The van der Waals surface area contributed by atoms with Gasteiger partial charge in [0.05, 0.1) is 30.0 Å². The Morgan fingerprint density at radius 2 is 1.90 bits per heavy atom. The van der Waals surface area contributed by atoms with Gasteiger partial charge in [0.25, 0.3) is 0 Å². The molecule has 29 heavy (non-hydrogen) atoms. The molecule has 7 nitrogen and oxygen atoms in total. The zero-order valence-electron chi connectivity index (χ0n) is 18.1. The van der Waals surface area contributed by atoms with E-state index in [0.29, 0.717) is 18.3 Å². The Bertz CT molecular complexity index is 820. The third-order valence-corrected chi connectivity index (χ3v) is 4.72. The lowest BCUT2D eigenvalue weighted by Crippen LogP contribution is -2.44. The lowest BCUT2D eigenvalue weighted by molar-refractivity contribution is -0.0535. The van der Waals surface area contributed by atoms with E-state index >= 15 is 0 Å². The van der Waals surface area contributed by atoms with Crippen molar-refractivity contribution in [2.45, 2.75) is 76.2 Å². The van der Waals surface area contributed by atoms with Crippen LogP contribution in [0, 0.1) is 11.8 Å². The van der Waals surface area contributed by atoms with Crippen molar-refractivity contribution in [2.75, 3.05) is 13.7 Å². The third-order valence-electron chi connectivity index (χ3n) is 4.49. The van der Waals surface area contributed by atoms with Crippen LogP contribution in [0.3, 0.4) is 0 Å². The molecule has 1 N–H and O–H groups in total. The Balaban J connectivity index is 1.71. The van der Waals surface area contributed by atoms with Gasteiger partial charge in [0.15, 0.2) is 5.16 Å². The fourth-order valence-corrected chi connectivity index (χ4v) is 2.60. The summed E-state index contributed by atoms with van der Waals surface area (Å²) in [5, 5.41) is 12.2. The highest BCUT2D eigenvalue weighted by atomic mass is 32.1. The van der Waals surface area contributed by atoms with E-state index in [0.717, 1.165) is 36.9 Å². The quantitative estimate of drug-likeness (QED) is 0.268. The summed E-state index contributed by atoms with van der Waals surface area (Å²) in [6.07, 6.45) is 9.15. The van der Waals surface area contributed by atoms with Gasteiger partial charge in [-0.3, -0.25) is 0 Å². The second-order valence-electron chi connectivity index (χ2n) is 8.37. The number of likely N-dealkylation sites (N-methyl/N-ethyl adjacent to an activating group) is 1. The molecular formula is C21H32N6OS. The molecule has 2 heterocycles. The van der Waals surface area contributed by atoms with Gasteiger partial charge in [0, 0.05) is 30.6 Å². The van der Waals surface area contributed by atoms with Crippen LogP contribution in [0.15, 0.2) is 23.7 Å². The average Bonchev–Trinajstić information content (AvgIpc) is 3.11. The molecule has 0 aromatic carbocycles. The summed E-state index contributed by atoms with van der Waals surface area (Å²) in [5.41, 5.74) is 1.44. The molecule has 2 rings (SSSR count). The topological polar surface area (TPSA) is 77.8 Å². The molecule has 0 spiro atoms.